The summed E-state index contributed by atoms with van der Waals surface area (Å²) in [5.41, 5.74) is 0.697. The molecule has 1 atom stereocenters. The van der Waals surface area contributed by atoms with Crippen molar-refractivity contribution in [1.82, 2.24) is 15.0 Å². The van der Waals surface area contributed by atoms with E-state index >= 15 is 0 Å². The first-order chi connectivity index (χ1) is 14.7. The highest BCUT2D eigenvalue weighted by Gasteiger charge is 2.24. The summed E-state index contributed by atoms with van der Waals surface area (Å²) in [6.07, 6.45) is 3.62. The van der Waals surface area contributed by atoms with E-state index in [1.807, 2.05) is 35.2 Å². The molecule has 3 aromatic rings. The molecule has 156 valence electrons. The highest BCUT2D eigenvalue weighted by Crippen LogP contribution is 2.23. The number of likely N-dealkylation sites (tertiary alicyclic amines) is 1. The van der Waals surface area contributed by atoms with E-state index in [2.05, 4.69) is 10.1 Å². The van der Waals surface area contributed by atoms with Crippen LogP contribution >= 0.6 is 0 Å². The van der Waals surface area contributed by atoms with Gasteiger partial charge < -0.3 is 14.2 Å². The van der Waals surface area contributed by atoms with Gasteiger partial charge in [0.2, 0.25) is 0 Å². The Balaban J connectivity index is 1.26. The number of carbonyl (C=O) groups is 1. The molecule has 2 heterocycles. The summed E-state index contributed by atoms with van der Waals surface area (Å²) >= 11 is 0. The number of aryl methyl sites for hydroxylation is 1. The molecular formula is C23H24FN3O3. The summed E-state index contributed by atoms with van der Waals surface area (Å²) < 4.78 is 23.9. The van der Waals surface area contributed by atoms with Crippen molar-refractivity contribution in [3.8, 4) is 17.2 Å². The molecule has 1 saturated heterocycles. The van der Waals surface area contributed by atoms with Crippen molar-refractivity contribution in [2.75, 3.05) is 19.7 Å². The first-order valence-electron chi connectivity index (χ1n) is 10.2. The lowest BCUT2D eigenvalue weighted by atomic mass is 9.93. The fraction of sp³-hybridized carbons (Fsp3) is 0.348. The highest BCUT2D eigenvalue weighted by molar-refractivity contribution is 5.77. The molecule has 1 aliphatic heterocycles. The van der Waals surface area contributed by atoms with Crippen molar-refractivity contribution >= 4 is 5.91 Å². The molecule has 2 aromatic carbocycles. The number of para-hydroxylation sites is 1. The number of piperidine rings is 1. The molecule has 0 bridgehead atoms. The first-order valence-corrected chi connectivity index (χ1v) is 10.2. The largest absolute Gasteiger partial charge is 0.484 e. The van der Waals surface area contributed by atoms with E-state index in [0.717, 1.165) is 32.4 Å². The molecule has 1 amide bonds. The van der Waals surface area contributed by atoms with Crippen LogP contribution in [0.4, 0.5) is 4.39 Å². The second kappa shape index (κ2) is 9.52. The predicted octanol–water partition coefficient (Wildman–Crippen LogP) is 4.13. The van der Waals surface area contributed by atoms with Crippen molar-refractivity contribution in [3.05, 3.63) is 66.2 Å². The van der Waals surface area contributed by atoms with E-state index in [1.54, 1.807) is 12.1 Å². The minimum absolute atomic E-state index is 0.0155. The zero-order valence-electron chi connectivity index (χ0n) is 16.7. The fourth-order valence-electron chi connectivity index (χ4n) is 3.68. The van der Waals surface area contributed by atoms with Crippen molar-refractivity contribution in [3.63, 3.8) is 0 Å². The smallest absolute Gasteiger partial charge is 0.260 e. The van der Waals surface area contributed by atoms with Gasteiger partial charge in [0.05, 0.1) is 0 Å². The molecule has 0 N–H and O–H groups in total. The maximum atomic E-state index is 13.1. The number of ether oxygens (including phenoxy) is 1. The van der Waals surface area contributed by atoms with Gasteiger partial charge >= 0.3 is 0 Å². The topological polar surface area (TPSA) is 68.5 Å². The maximum Gasteiger partial charge on any atom is 0.260 e. The second-order valence-corrected chi connectivity index (χ2v) is 7.51. The lowest BCUT2D eigenvalue weighted by molar-refractivity contribution is -0.135. The van der Waals surface area contributed by atoms with Gasteiger partial charge in [-0.3, -0.25) is 4.79 Å². The number of rotatable bonds is 7. The third-order valence-electron chi connectivity index (χ3n) is 5.31. The van der Waals surface area contributed by atoms with E-state index in [1.165, 1.54) is 12.1 Å². The molecule has 0 saturated carbocycles. The summed E-state index contributed by atoms with van der Waals surface area (Å²) in [5.74, 6) is 1.83. The predicted molar refractivity (Wildman–Crippen MR) is 109 cm³/mol. The summed E-state index contributed by atoms with van der Waals surface area (Å²) in [4.78, 5) is 18.8. The number of carbonyl (C=O) groups excluding carboxylic acids is 1. The summed E-state index contributed by atoms with van der Waals surface area (Å²) in [6, 6.07) is 15.4. The van der Waals surface area contributed by atoms with Crippen molar-refractivity contribution in [2.24, 2.45) is 5.92 Å². The van der Waals surface area contributed by atoms with Gasteiger partial charge in [-0.25, -0.2) is 4.39 Å². The lowest BCUT2D eigenvalue weighted by Gasteiger charge is -2.32. The Morgan fingerprint density at radius 2 is 1.97 bits per heavy atom. The van der Waals surface area contributed by atoms with Gasteiger partial charge in [0.1, 0.15) is 11.6 Å². The molecule has 1 unspecified atom stereocenters. The van der Waals surface area contributed by atoms with Crippen LogP contribution in [0.5, 0.6) is 5.75 Å². The fourth-order valence-corrected chi connectivity index (χ4v) is 3.68. The van der Waals surface area contributed by atoms with E-state index < -0.39 is 0 Å². The molecule has 1 fully saturated rings. The van der Waals surface area contributed by atoms with Gasteiger partial charge in [-0.2, -0.15) is 4.98 Å². The molecule has 7 heteroatoms. The Bertz CT molecular complexity index is 959. The van der Waals surface area contributed by atoms with E-state index in [4.69, 9.17) is 9.26 Å². The Kier molecular flexibility index (Phi) is 6.37. The van der Waals surface area contributed by atoms with Crippen LogP contribution in [0.2, 0.25) is 0 Å². The number of nitrogens with zero attached hydrogens (tertiary/aromatic N) is 3. The molecule has 6 nitrogen and oxygen atoms in total. The standard InChI is InChI=1S/C23H24FN3O3/c24-19-11-9-18(10-12-19)23-25-21(26-30-23)13-8-17-5-4-14-27(15-17)22(28)16-29-20-6-2-1-3-7-20/h1-3,6-7,9-12,17H,4-5,8,13-16H2. The molecular weight excluding hydrogens is 385 g/mol. The maximum absolute atomic E-state index is 13.1. The molecule has 0 aliphatic carbocycles. The molecule has 30 heavy (non-hydrogen) atoms. The Morgan fingerprint density at radius 1 is 1.17 bits per heavy atom. The Morgan fingerprint density at radius 3 is 2.77 bits per heavy atom. The van der Waals surface area contributed by atoms with Crippen molar-refractivity contribution in [1.29, 1.82) is 0 Å². The van der Waals surface area contributed by atoms with Crippen LogP contribution in [0, 0.1) is 11.7 Å². The number of amides is 1. The van der Waals surface area contributed by atoms with Crippen molar-refractivity contribution < 1.29 is 18.4 Å². The average molecular weight is 409 g/mol. The normalized spacial score (nSPS) is 16.4. The lowest BCUT2D eigenvalue weighted by Crippen LogP contribution is -2.42. The summed E-state index contributed by atoms with van der Waals surface area (Å²) in [6.45, 7) is 1.55. The minimum atomic E-state index is -0.302. The van der Waals surface area contributed by atoms with Gasteiger partial charge in [-0.05, 0) is 61.6 Å². The molecule has 0 radical (unpaired) electrons. The molecule has 0 spiro atoms. The Labute approximate surface area is 174 Å². The van der Waals surface area contributed by atoms with E-state index in [0.29, 0.717) is 35.4 Å². The van der Waals surface area contributed by atoms with Crippen LogP contribution in [0.1, 0.15) is 25.1 Å². The summed E-state index contributed by atoms with van der Waals surface area (Å²) in [5, 5.41) is 4.04. The van der Waals surface area contributed by atoms with Crippen LogP contribution in [0.25, 0.3) is 11.5 Å². The first kappa shape index (κ1) is 20.1. The van der Waals surface area contributed by atoms with E-state index in [9.17, 15) is 9.18 Å². The van der Waals surface area contributed by atoms with Gasteiger partial charge in [0.15, 0.2) is 12.4 Å². The second-order valence-electron chi connectivity index (χ2n) is 7.51. The van der Waals surface area contributed by atoms with Gasteiger partial charge in [-0.15, -0.1) is 0 Å². The van der Waals surface area contributed by atoms with Gasteiger partial charge in [-0.1, -0.05) is 23.4 Å². The zero-order valence-corrected chi connectivity index (χ0v) is 16.7. The van der Waals surface area contributed by atoms with Gasteiger partial charge in [0.25, 0.3) is 11.8 Å². The number of hydrogen-bond acceptors (Lipinski definition) is 5. The van der Waals surface area contributed by atoms with Crippen LogP contribution < -0.4 is 4.74 Å². The average Bonchev–Trinajstić information content (AvgIpc) is 3.26. The van der Waals surface area contributed by atoms with Crippen molar-refractivity contribution in [2.45, 2.75) is 25.7 Å². The summed E-state index contributed by atoms with van der Waals surface area (Å²) in [7, 11) is 0. The monoisotopic (exact) mass is 409 g/mol. The highest BCUT2D eigenvalue weighted by atomic mass is 19.1. The molecule has 4 rings (SSSR count). The number of benzene rings is 2. The minimum Gasteiger partial charge on any atom is -0.484 e. The van der Waals surface area contributed by atoms with E-state index in [-0.39, 0.29) is 18.3 Å². The SMILES string of the molecule is O=C(COc1ccccc1)N1CCCC(CCc2noc(-c3ccc(F)cc3)n2)C1. The number of hydrogen-bond donors (Lipinski definition) is 0. The van der Waals surface area contributed by atoms with Crippen LogP contribution in [-0.2, 0) is 11.2 Å². The van der Waals surface area contributed by atoms with Crippen LogP contribution in [-0.4, -0.2) is 40.6 Å². The molecule has 1 aliphatic rings. The van der Waals surface area contributed by atoms with Gasteiger partial charge in [0, 0.05) is 25.1 Å². The quantitative estimate of drug-likeness (QED) is 0.587. The zero-order chi connectivity index (χ0) is 20.8. The Hall–Kier alpha value is -3.22. The van der Waals surface area contributed by atoms with Crippen LogP contribution in [0.15, 0.2) is 59.1 Å². The third kappa shape index (κ3) is 5.23. The number of aromatic nitrogens is 2. The molecule has 1 aromatic heterocycles. The van der Waals surface area contributed by atoms with Crippen LogP contribution in [0.3, 0.4) is 0 Å². The third-order valence-corrected chi connectivity index (χ3v) is 5.31. The number of halogens is 1.